The summed E-state index contributed by atoms with van der Waals surface area (Å²) in [6.45, 7) is 7.07. The third-order valence-electron chi connectivity index (χ3n) is 2.59. The molecule has 0 saturated carbocycles. The van der Waals surface area contributed by atoms with Gasteiger partial charge in [0, 0.05) is 7.05 Å². The predicted molar refractivity (Wildman–Crippen MR) is 63.7 cm³/mol. The number of hydrogen-bond acceptors (Lipinski definition) is 1. The summed E-state index contributed by atoms with van der Waals surface area (Å²) in [5.41, 5.74) is 2.33. The van der Waals surface area contributed by atoms with Gasteiger partial charge in [-0.3, -0.25) is 0 Å². The number of nitrogens with zero attached hydrogens (tertiary/aromatic N) is 2. The zero-order valence-electron chi connectivity index (χ0n) is 9.20. The number of imidazole rings is 1. The lowest BCUT2D eigenvalue weighted by molar-refractivity contribution is 0.948. The molecule has 2 rings (SSSR count). The molecule has 0 radical (unpaired) electrons. The Hall–Kier alpha value is -1.09. The first kappa shape index (κ1) is 9.46. The molecule has 2 aromatic rings. The van der Waals surface area contributed by atoms with Gasteiger partial charge in [0.15, 0.2) is 0 Å². The number of hydrogen-bond donors (Lipinski definition) is 0. The van der Waals surface area contributed by atoms with E-state index in [4.69, 9.17) is 0 Å². The number of aromatic nitrogens is 2. The zero-order chi connectivity index (χ0) is 10.3. The van der Waals surface area contributed by atoms with Crippen LogP contribution in [0.4, 0.5) is 0 Å². The summed E-state index contributed by atoms with van der Waals surface area (Å²) in [6, 6.07) is 6.66. The van der Waals surface area contributed by atoms with Gasteiger partial charge in [0.2, 0.25) is 0 Å². The van der Waals surface area contributed by atoms with E-state index in [1.165, 1.54) is 10.7 Å². The van der Waals surface area contributed by atoms with Crippen LogP contribution in [0.15, 0.2) is 24.5 Å². The highest BCUT2D eigenvalue weighted by Crippen LogP contribution is 2.11. The van der Waals surface area contributed by atoms with Gasteiger partial charge in [-0.1, -0.05) is 30.9 Å². The van der Waals surface area contributed by atoms with Crippen LogP contribution in [0.1, 0.15) is 0 Å². The maximum Gasteiger partial charge on any atom is 0.0955 e. The van der Waals surface area contributed by atoms with Crippen molar-refractivity contribution < 1.29 is 0 Å². The number of benzene rings is 1. The maximum absolute atomic E-state index is 4.38. The van der Waals surface area contributed by atoms with E-state index in [0.29, 0.717) is 0 Å². The molecular weight excluding hydrogens is 188 g/mol. The molecule has 0 atom stereocenters. The summed E-state index contributed by atoms with van der Waals surface area (Å²) >= 11 is 0. The normalized spacial score (nSPS) is 12.3. The van der Waals surface area contributed by atoms with Crippen molar-refractivity contribution in [1.29, 1.82) is 0 Å². The highest BCUT2D eigenvalue weighted by molar-refractivity contribution is 6.88. The van der Waals surface area contributed by atoms with Crippen molar-refractivity contribution in [1.82, 2.24) is 9.55 Å². The summed E-state index contributed by atoms with van der Waals surface area (Å²) in [7, 11) is 0.841. The topological polar surface area (TPSA) is 17.8 Å². The van der Waals surface area contributed by atoms with Gasteiger partial charge in [0.05, 0.1) is 25.4 Å². The van der Waals surface area contributed by atoms with Crippen LogP contribution in [-0.4, -0.2) is 17.6 Å². The average Bonchev–Trinajstić information content (AvgIpc) is 2.46. The zero-order valence-corrected chi connectivity index (χ0v) is 10.2. The van der Waals surface area contributed by atoms with E-state index in [1.54, 1.807) is 0 Å². The second-order valence-corrected chi connectivity index (χ2v) is 9.89. The minimum Gasteiger partial charge on any atom is -0.334 e. The Morgan fingerprint density at radius 2 is 1.93 bits per heavy atom. The Morgan fingerprint density at radius 3 is 2.57 bits per heavy atom. The molecule has 0 amide bonds. The van der Waals surface area contributed by atoms with Gasteiger partial charge in [0.1, 0.15) is 0 Å². The van der Waals surface area contributed by atoms with Gasteiger partial charge < -0.3 is 4.57 Å². The smallest absolute Gasteiger partial charge is 0.0955 e. The van der Waals surface area contributed by atoms with Crippen molar-refractivity contribution in [2.45, 2.75) is 19.6 Å². The number of fused-ring (bicyclic) bond motifs is 1. The van der Waals surface area contributed by atoms with E-state index >= 15 is 0 Å². The third kappa shape index (κ3) is 1.48. The fraction of sp³-hybridized carbons (Fsp3) is 0.364. The quantitative estimate of drug-likeness (QED) is 0.651. The highest BCUT2D eigenvalue weighted by atomic mass is 28.3. The molecule has 0 unspecified atom stereocenters. The summed E-state index contributed by atoms with van der Waals surface area (Å²) < 4.78 is 2.06. The minimum absolute atomic E-state index is 1.12. The van der Waals surface area contributed by atoms with E-state index in [9.17, 15) is 0 Å². The Labute approximate surface area is 85.6 Å². The van der Waals surface area contributed by atoms with Gasteiger partial charge in [0.25, 0.3) is 0 Å². The molecule has 1 aromatic heterocycles. The van der Waals surface area contributed by atoms with Crippen LogP contribution in [-0.2, 0) is 7.05 Å². The Morgan fingerprint density at radius 1 is 1.21 bits per heavy atom. The van der Waals surface area contributed by atoms with Gasteiger partial charge in [-0.05, 0) is 12.1 Å². The molecule has 0 saturated heterocycles. The van der Waals surface area contributed by atoms with Gasteiger partial charge in [-0.15, -0.1) is 0 Å². The Bertz CT molecular complexity index is 466. The predicted octanol–water partition coefficient (Wildman–Crippen LogP) is 2.12. The minimum atomic E-state index is -1.19. The highest BCUT2D eigenvalue weighted by Gasteiger charge is 2.16. The largest absolute Gasteiger partial charge is 0.334 e. The SMILES string of the molecule is Cn1cnc2cc([Si](C)(C)C)ccc21. The van der Waals surface area contributed by atoms with Crippen molar-refractivity contribution in [3.8, 4) is 0 Å². The standard InChI is InChI=1S/C11H16N2Si/c1-13-8-12-10-7-9(14(2,3)4)5-6-11(10)13/h5-8H,1-4H3. The molecule has 0 bridgehead atoms. The van der Waals surface area contributed by atoms with Gasteiger partial charge >= 0.3 is 0 Å². The van der Waals surface area contributed by atoms with Crippen LogP contribution in [0.5, 0.6) is 0 Å². The van der Waals surface area contributed by atoms with Crippen LogP contribution in [0.2, 0.25) is 19.6 Å². The maximum atomic E-state index is 4.38. The van der Waals surface area contributed by atoms with Crippen LogP contribution < -0.4 is 5.19 Å². The molecule has 1 heterocycles. The fourth-order valence-corrected chi connectivity index (χ4v) is 2.76. The number of rotatable bonds is 1. The van der Waals surface area contributed by atoms with Crippen molar-refractivity contribution in [3.63, 3.8) is 0 Å². The molecule has 0 spiro atoms. The second kappa shape index (κ2) is 2.95. The molecule has 0 aliphatic rings. The Balaban J connectivity index is 2.63. The molecule has 14 heavy (non-hydrogen) atoms. The van der Waals surface area contributed by atoms with Gasteiger partial charge in [-0.2, -0.15) is 0 Å². The summed E-state index contributed by atoms with van der Waals surface area (Å²) in [4.78, 5) is 4.38. The molecule has 0 N–H and O–H groups in total. The Kier molecular flexibility index (Phi) is 1.99. The van der Waals surface area contributed by atoms with E-state index in [1.807, 2.05) is 13.4 Å². The van der Waals surface area contributed by atoms with Crippen LogP contribution in [0, 0.1) is 0 Å². The van der Waals surface area contributed by atoms with E-state index < -0.39 is 8.07 Å². The fourth-order valence-electron chi connectivity index (χ4n) is 1.60. The summed E-state index contributed by atoms with van der Waals surface area (Å²) in [5.74, 6) is 0. The van der Waals surface area contributed by atoms with Crippen molar-refractivity contribution in [3.05, 3.63) is 24.5 Å². The first-order valence-corrected chi connectivity index (χ1v) is 8.40. The molecule has 0 aliphatic heterocycles. The first-order chi connectivity index (χ1) is 6.48. The molecule has 2 nitrogen and oxygen atoms in total. The molecular formula is C11H16N2Si. The molecule has 0 fully saturated rings. The molecule has 1 aromatic carbocycles. The van der Waals surface area contributed by atoms with Crippen LogP contribution >= 0.6 is 0 Å². The number of aryl methyl sites for hydroxylation is 1. The molecule has 3 heteroatoms. The second-order valence-electron chi connectivity index (χ2n) is 4.81. The lowest BCUT2D eigenvalue weighted by Crippen LogP contribution is -2.37. The van der Waals surface area contributed by atoms with Crippen molar-refractivity contribution >= 4 is 24.3 Å². The lowest BCUT2D eigenvalue weighted by Gasteiger charge is -2.16. The average molecular weight is 204 g/mol. The van der Waals surface area contributed by atoms with Crippen molar-refractivity contribution in [2.24, 2.45) is 7.05 Å². The van der Waals surface area contributed by atoms with E-state index in [2.05, 4.69) is 47.4 Å². The van der Waals surface area contributed by atoms with Gasteiger partial charge in [-0.25, -0.2) is 4.98 Å². The summed E-state index contributed by atoms with van der Waals surface area (Å²) in [5, 5.41) is 1.48. The molecule has 74 valence electrons. The monoisotopic (exact) mass is 204 g/mol. The van der Waals surface area contributed by atoms with Crippen LogP contribution in [0.25, 0.3) is 11.0 Å². The molecule has 0 aliphatic carbocycles. The lowest BCUT2D eigenvalue weighted by atomic mass is 10.3. The first-order valence-electron chi connectivity index (χ1n) is 4.90. The third-order valence-corrected chi connectivity index (χ3v) is 4.63. The van der Waals surface area contributed by atoms with Crippen LogP contribution in [0.3, 0.4) is 0 Å². The van der Waals surface area contributed by atoms with E-state index in [-0.39, 0.29) is 0 Å². The van der Waals surface area contributed by atoms with Crippen molar-refractivity contribution in [2.75, 3.05) is 0 Å². The summed E-state index contributed by atoms with van der Waals surface area (Å²) in [6.07, 6.45) is 1.87. The van der Waals surface area contributed by atoms with E-state index in [0.717, 1.165) is 5.52 Å².